The lowest BCUT2D eigenvalue weighted by molar-refractivity contribution is -0.384. The molecule has 5 aromatic rings. The van der Waals surface area contributed by atoms with Gasteiger partial charge in [-0.2, -0.15) is 0 Å². The van der Waals surface area contributed by atoms with Crippen molar-refractivity contribution >= 4 is 63.6 Å². The lowest BCUT2D eigenvalue weighted by Gasteiger charge is -2.35. The number of carbonyl (C=O) groups excluding carboxylic acids is 1. The standard InChI is InChI=1S/C30H25Cl2N7O3S2/c31-24-11-10-23(17-25(24)32)38-27(16-20-4-2-1-3-5-20)34-35-30(38)44-19-28-33-26(18-43-28)29(40)37-14-12-36(13-15-37)21-6-8-22(9-7-21)39(41)42/h1-11,17-18H,12-16,19H2. The molecule has 1 aliphatic rings. The summed E-state index contributed by atoms with van der Waals surface area (Å²) in [5, 5.41) is 24.1. The van der Waals surface area contributed by atoms with E-state index in [1.807, 2.05) is 41.0 Å². The van der Waals surface area contributed by atoms with E-state index in [1.165, 1.54) is 35.2 Å². The number of halogens is 2. The minimum absolute atomic E-state index is 0.0577. The number of nitrogens with zero attached hydrogens (tertiary/aromatic N) is 7. The molecule has 10 nitrogen and oxygen atoms in total. The van der Waals surface area contributed by atoms with Gasteiger partial charge in [0.25, 0.3) is 11.6 Å². The maximum Gasteiger partial charge on any atom is 0.273 e. The molecule has 0 bridgehead atoms. The molecule has 3 aromatic carbocycles. The highest BCUT2D eigenvalue weighted by atomic mass is 35.5. The second kappa shape index (κ2) is 13.3. The maximum atomic E-state index is 13.2. The molecule has 1 aliphatic heterocycles. The van der Waals surface area contributed by atoms with Crippen LogP contribution in [0.5, 0.6) is 0 Å². The van der Waals surface area contributed by atoms with Crippen molar-refractivity contribution in [3.63, 3.8) is 0 Å². The quantitative estimate of drug-likeness (QED) is 0.0962. The normalized spacial score (nSPS) is 13.3. The molecule has 1 amide bonds. The number of hydrogen-bond acceptors (Lipinski definition) is 9. The number of aromatic nitrogens is 4. The van der Waals surface area contributed by atoms with Gasteiger partial charge in [-0.3, -0.25) is 19.5 Å². The van der Waals surface area contributed by atoms with Gasteiger partial charge < -0.3 is 9.80 Å². The average molecular weight is 667 g/mol. The lowest BCUT2D eigenvalue weighted by Crippen LogP contribution is -2.48. The zero-order valence-electron chi connectivity index (χ0n) is 23.2. The number of hydrogen-bond donors (Lipinski definition) is 0. The van der Waals surface area contributed by atoms with Crippen LogP contribution in [0, 0.1) is 10.1 Å². The monoisotopic (exact) mass is 665 g/mol. The summed E-state index contributed by atoms with van der Waals surface area (Å²) in [6.45, 7) is 2.33. The predicted octanol–water partition coefficient (Wildman–Crippen LogP) is 6.78. The summed E-state index contributed by atoms with van der Waals surface area (Å²) < 4.78 is 1.98. The first-order valence-corrected chi connectivity index (χ1v) is 16.3. The molecule has 0 unspecified atom stereocenters. The number of non-ortho nitro benzene ring substituents is 1. The number of anilines is 1. The van der Waals surface area contributed by atoms with Crippen molar-refractivity contribution in [2.24, 2.45) is 0 Å². The number of nitro groups is 1. The molecular weight excluding hydrogens is 641 g/mol. The number of thioether (sulfide) groups is 1. The molecule has 0 atom stereocenters. The average Bonchev–Trinajstić information content (AvgIpc) is 3.69. The van der Waals surface area contributed by atoms with Gasteiger partial charge in [-0.25, -0.2) is 4.98 Å². The Hall–Kier alpha value is -3.97. The molecule has 1 fully saturated rings. The first-order valence-electron chi connectivity index (χ1n) is 13.7. The van der Waals surface area contributed by atoms with Crippen LogP contribution in [0.3, 0.4) is 0 Å². The fourth-order valence-electron chi connectivity index (χ4n) is 4.89. The van der Waals surface area contributed by atoms with E-state index in [9.17, 15) is 14.9 Å². The first-order chi connectivity index (χ1) is 21.4. The molecule has 1 saturated heterocycles. The fraction of sp³-hybridized carbons (Fsp3) is 0.200. The van der Waals surface area contributed by atoms with Gasteiger partial charge in [-0.1, -0.05) is 65.3 Å². The largest absolute Gasteiger partial charge is 0.368 e. The highest BCUT2D eigenvalue weighted by molar-refractivity contribution is 7.98. The van der Waals surface area contributed by atoms with Crippen molar-refractivity contribution in [2.75, 3.05) is 31.1 Å². The van der Waals surface area contributed by atoms with Crippen LogP contribution in [-0.4, -0.2) is 61.7 Å². The Bertz CT molecular complexity index is 1790. The van der Waals surface area contributed by atoms with Gasteiger partial charge in [-0.05, 0) is 35.9 Å². The minimum Gasteiger partial charge on any atom is -0.368 e. The predicted molar refractivity (Wildman–Crippen MR) is 174 cm³/mol. The first kappa shape index (κ1) is 30.1. The summed E-state index contributed by atoms with van der Waals surface area (Å²) in [6, 6.07) is 22.0. The van der Waals surface area contributed by atoms with E-state index in [0.717, 1.165) is 27.8 Å². The zero-order valence-corrected chi connectivity index (χ0v) is 26.3. The highest BCUT2D eigenvalue weighted by Gasteiger charge is 2.25. The summed E-state index contributed by atoms with van der Waals surface area (Å²) in [6.07, 6.45) is 0.585. The van der Waals surface area contributed by atoms with E-state index in [-0.39, 0.29) is 11.6 Å². The van der Waals surface area contributed by atoms with Gasteiger partial charge in [0.1, 0.15) is 16.5 Å². The van der Waals surface area contributed by atoms with Gasteiger partial charge in [0.05, 0.1) is 26.4 Å². The molecule has 0 saturated carbocycles. The Morgan fingerprint density at radius 1 is 0.932 bits per heavy atom. The summed E-state index contributed by atoms with van der Waals surface area (Å²) in [4.78, 5) is 32.3. The van der Waals surface area contributed by atoms with E-state index in [1.54, 1.807) is 34.5 Å². The van der Waals surface area contributed by atoms with Gasteiger partial charge in [-0.15, -0.1) is 21.5 Å². The molecule has 224 valence electrons. The van der Waals surface area contributed by atoms with E-state index in [4.69, 9.17) is 23.2 Å². The van der Waals surface area contributed by atoms with Crippen molar-refractivity contribution < 1.29 is 9.72 Å². The van der Waals surface area contributed by atoms with Crippen molar-refractivity contribution in [3.8, 4) is 5.69 Å². The molecule has 6 rings (SSSR count). The molecule has 0 radical (unpaired) electrons. The van der Waals surface area contributed by atoms with Crippen LogP contribution < -0.4 is 4.90 Å². The second-order valence-corrected chi connectivity index (χ2v) is 12.7. The zero-order chi connectivity index (χ0) is 30.6. The third-order valence-electron chi connectivity index (χ3n) is 7.15. The van der Waals surface area contributed by atoms with Gasteiger partial charge in [0.15, 0.2) is 5.16 Å². The van der Waals surface area contributed by atoms with Gasteiger partial charge in [0, 0.05) is 55.8 Å². The Kier molecular flexibility index (Phi) is 9.12. The molecule has 0 aliphatic carbocycles. The number of piperazine rings is 1. The second-order valence-electron chi connectivity index (χ2n) is 9.96. The van der Waals surface area contributed by atoms with Crippen LogP contribution in [0.25, 0.3) is 5.69 Å². The fourth-order valence-corrected chi connectivity index (χ4v) is 6.94. The van der Waals surface area contributed by atoms with Crippen LogP contribution in [0.15, 0.2) is 83.3 Å². The molecule has 14 heteroatoms. The Morgan fingerprint density at radius 3 is 2.36 bits per heavy atom. The van der Waals surface area contributed by atoms with E-state index >= 15 is 0 Å². The molecule has 2 aromatic heterocycles. The van der Waals surface area contributed by atoms with Gasteiger partial charge >= 0.3 is 0 Å². The number of rotatable bonds is 9. The van der Waals surface area contributed by atoms with Gasteiger partial charge in [0.2, 0.25) is 0 Å². The SMILES string of the molecule is O=C(c1csc(CSc2nnc(Cc3ccccc3)n2-c2ccc(Cl)c(Cl)c2)n1)N1CCN(c2ccc([N+](=O)[O-])cc2)CC1. The topological polar surface area (TPSA) is 110 Å². The maximum absolute atomic E-state index is 13.2. The van der Waals surface area contributed by atoms with Crippen LogP contribution in [-0.2, 0) is 12.2 Å². The van der Waals surface area contributed by atoms with Crippen molar-refractivity contribution in [2.45, 2.75) is 17.3 Å². The summed E-state index contributed by atoms with van der Waals surface area (Å²) in [7, 11) is 0. The molecular formula is C30H25Cl2N7O3S2. The van der Waals surface area contributed by atoms with Crippen molar-refractivity contribution in [1.82, 2.24) is 24.6 Å². The third kappa shape index (κ3) is 6.73. The third-order valence-corrected chi connectivity index (χ3v) is 9.87. The van der Waals surface area contributed by atoms with Crippen LogP contribution in [0.4, 0.5) is 11.4 Å². The summed E-state index contributed by atoms with van der Waals surface area (Å²) in [5.74, 6) is 1.17. The molecule has 0 N–H and O–H groups in total. The number of nitro benzene ring substituents is 1. The Balaban J connectivity index is 1.11. The highest BCUT2D eigenvalue weighted by Crippen LogP contribution is 2.31. The number of benzene rings is 3. The molecule has 44 heavy (non-hydrogen) atoms. The van der Waals surface area contributed by atoms with Crippen LogP contribution in [0.1, 0.15) is 26.9 Å². The lowest BCUT2D eigenvalue weighted by atomic mass is 10.1. The van der Waals surface area contributed by atoms with Crippen molar-refractivity contribution in [1.29, 1.82) is 0 Å². The number of thiazole rings is 1. The Labute approximate surface area is 271 Å². The minimum atomic E-state index is -0.412. The van der Waals surface area contributed by atoms with Crippen LogP contribution in [0.2, 0.25) is 10.0 Å². The van der Waals surface area contributed by atoms with Crippen LogP contribution >= 0.6 is 46.3 Å². The molecule has 0 spiro atoms. The molecule has 3 heterocycles. The van der Waals surface area contributed by atoms with E-state index in [2.05, 4.69) is 20.1 Å². The van der Waals surface area contributed by atoms with E-state index < -0.39 is 4.92 Å². The summed E-state index contributed by atoms with van der Waals surface area (Å²) in [5.41, 5.74) is 3.29. The van der Waals surface area contributed by atoms with Crippen molar-refractivity contribution in [3.05, 3.63) is 120 Å². The van der Waals surface area contributed by atoms with E-state index in [0.29, 0.717) is 59.2 Å². The Morgan fingerprint density at radius 2 is 1.66 bits per heavy atom. The number of carbonyl (C=O) groups is 1. The summed E-state index contributed by atoms with van der Waals surface area (Å²) >= 11 is 15.5. The smallest absolute Gasteiger partial charge is 0.273 e. The number of amides is 1.